The molecule has 5 atom stereocenters. The number of nitrogens with one attached hydrogen (secondary N) is 2. The van der Waals surface area contributed by atoms with Crippen LogP contribution < -0.4 is 22.1 Å². The Bertz CT molecular complexity index is 1490. The second-order valence-corrected chi connectivity index (χ2v) is 14.6. The number of amidine groups is 1. The van der Waals surface area contributed by atoms with Gasteiger partial charge in [-0.15, -0.1) is 0 Å². The largest absolute Gasteiger partial charge is 0.501 e. The van der Waals surface area contributed by atoms with Crippen molar-refractivity contribution >= 4 is 37.1 Å². The first-order valence-electron chi connectivity index (χ1n) is 12.5. The van der Waals surface area contributed by atoms with Crippen molar-refractivity contribution in [3.05, 3.63) is 36.0 Å². The number of benzene rings is 1. The minimum Gasteiger partial charge on any atom is -0.387 e. The summed E-state index contributed by atoms with van der Waals surface area (Å²) < 4.78 is 84.8. The van der Waals surface area contributed by atoms with Crippen molar-refractivity contribution in [1.29, 1.82) is 5.26 Å². The van der Waals surface area contributed by atoms with Crippen molar-refractivity contribution in [2.75, 3.05) is 11.5 Å². The van der Waals surface area contributed by atoms with Crippen molar-refractivity contribution in [2.45, 2.75) is 60.6 Å². The first-order chi connectivity index (χ1) is 18.6. The lowest BCUT2D eigenvalue weighted by atomic mass is 9.74. The number of nitriles is 1. The van der Waals surface area contributed by atoms with E-state index in [9.17, 15) is 40.1 Å². The number of nitrogens with zero attached hydrogens (tertiary/aromatic N) is 2. The molecule has 3 fully saturated rings. The SMILES string of the molecule is N#CC1CC(NC2CCS(=O)(=O)C2)CCC12CC2NC=C(C(N)=O)C(N)=Nc1ccc(S(=O)(=O)C(F)(F)F)cc1. The summed E-state index contributed by atoms with van der Waals surface area (Å²) >= 11 is 0. The fourth-order valence-corrected chi connectivity index (χ4v) is 7.99. The van der Waals surface area contributed by atoms with Crippen LogP contribution in [0.25, 0.3) is 0 Å². The Labute approximate surface area is 229 Å². The lowest BCUT2D eigenvalue weighted by Gasteiger charge is -2.35. The summed E-state index contributed by atoms with van der Waals surface area (Å²) in [5.74, 6) is -1.27. The number of nitrogens with two attached hydrogens (primary N) is 2. The lowest BCUT2D eigenvalue weighted by Crippen LogP contribution is -2.45. The molecule has 5 unspecified atom stereocenters. The monoisotopic (exact) mass is 602 g/mol. The lowest BCUT2D eigenvalue weighted by molar-refractivity contribution is -0.114. The van der Waals surface area contributed by atoms with Gasteiger partial charge in [-0.25, -0.2) is 21.8 Å². The number of amides is 1. The van der Waals surface area contributed by atoms with Crippen LogP contribution in [-0.4, -0.2) is 63.7 Å². The van der Waals surface area contributed by atoms with E-state index >= 15 is 0 Å². The fraction of sp³-hybridized carbons (Fsp3) is 0.542. The third-order valence-corrected chi connectivity index (χ3v) is 11.1. The Kier molecular flexibility index (Phi) is 7.96. The van der Waals surface area contributed by atoms with Crippen LogP contribution in [0, 0.1) is 22.7 Å². The topological polar surface area (TPSA) is 198 Å². The maximum atomic E-state index is 12.7. The maximum absolute atomic E-state index is 12.7. The van der Waals surface area contributed by atoms with E-state index in [4.69, 9.17) is 11.5 Å². The summed E-state index contributed by atoms with van der Waals surface area (Å²) in [4.78, 5) is 15.1. The van der Waals surface area contributed by atoms with Gasteiger partial charge in [0, 0.05) is 29.7 Å². The smallest absolute Gasteiger partial charge is 0.387 e. The number of aliphatic imine (C=N–C) groups is 1. The fourth-order valence-electron chi connectivity index (χ4n) is 5.54. The van der Waals surface area contributed by atoms with E-state index in [1.165, 1.54) is 6.20 Å². The van der Waals surface area contributed by atoms with Gasteiger partial charge in [-0.3, -0.25) is 4.79 Å². The molecule has 1 amide bonds. The minimum absolute atomic E-state index is 0.000837. The first kappa shape index (κ1) is 29.8. The van der Waals surface area contributed by atoms with Crippen molar-refractivity contribution in [3.63, 3.8) is 0 Å². The first-order valence-corrected chi connectivity index (χ1v) is 15.8. The van der Waals surface area contributed by atoms with Crippen LogP contribution in [0.5, 0.6) is 0 Å². The van der Waals surface area contributed by atoms with Crippen molar-refractivity contribution in [2.24, 2.45) is 27.8 Å². The molecular weight excluding hydrogens is 573 g/mol. The van der Waals surface area contributed by atoms with E-state index in [-0.39, 0.29) is 58.1 Å². The zero-order valence-corrected chi connectivity index (χ0v) is 22.8. The minimum atomic E-state index is -5.52. The summed E-state index contributed by atoms with van der Waals surface area (Å²) in [6.45, 7) is 0. The van der Waals surface area contributed by atoms with Crippen LogP contribution >= 0.6 is 0 Å². The Balaban J connectivity index is 1.41. The third-order valence-electron chi connectivity index (χ3n) is 7.82. The van der Waals surface area contributed by atoms with Crippen molar-refractivity contribution in [1.82, 2.24) is 10.6 Å². The van der Waals surface area contributed by atoms with Gasteiger partial charge in [-0.05, 0) is 56.4 Å². The Hall–Kier alpha value is -3.16. The highest BCUT2D eigenvalue weighted by Crippen LogP contribution is 2.59. The third kappa shape index (κ3) is 6.11. The molecule has 1 aliphatic heterocycles. The van der Waals surface area contributed by atoms with E-state index in [0.717, 1.165) is 37.1 Å². The van der Waals surface area contributed by atoms with Crippen LogP contribution in [0.3, 0.4) is 0 Å². The molecule has 11 nitrogen and oxygen atoms in total. The van der Waals surface area contributed by atoms with Crippen LogP contribution in [0.4, 0.5) is 18.9 Å². The molecule has 1 saturated heterocycles. The van der Waals surface area contributed by atoms with Gasteiger partial charge in [0.05, 0.1) is 39.6 Å². The molecule has 1 aromatic rings. The van der Waals surface area contributed by atoms with Gasteiger partial charge < -0.3 is 22.1 Å². The molecule has 218 valence electrons. The summed E-state index contributed by atoms with van der Waals surface area (Å²) in [7, 11) is -8.54. The number of hydrogen-bond acceptors (Lipinski definition) is 9. The van der Waals surface area contributed by atoms with Gasteiger partial charge in [0.1, 0.15) is 5.84 Å². The second-order valence-electron chi connectivity index (χ2n) is 10.4. The van der Waals surface area contributed by atoms with Crippen molar-refractivity contribution in [3.8, 4) is 6.07 Å². The second kappa shape index (κ2) is 10.7. The number of primary amides is 1. The molecule has 0 bridgehead atoms. The van der Waals surface area contributed by atoms with E-state index in [0.29, 0.717) is 19.3 Å². The predicted molar refractivity (Wildman–Crippen MR) is 139 cm³/mol. The number of hydrogen-bond donors (Lipinski definition) is 4. The molecule has 16 heteroatoms. The summed E-state index contributed by atoms with van der Waals surface area (Å²) in [5, 5.41) is 16.3. The highest BCUT2D eigenvalue weighted by molar-refractivity contribution is 7.92. The molecule has 6 N–H and O–H groups in total. The van der Waals surface area contributed by atoms with Gasteiger partial charge in [0.25, 0.3) is 15.7 Å². The summed E-state index contributed by atoms with van der Waals surface area (Å²) in [6.07, 6.45) is 4.59. The molecule has 4 rings (SSSR count). The molecule has 1 aromatic carbocycles. The number of rotatable bonds is 8. The predicted octanol–water partition coefficient (Wildman–Crippen LogP) is 1.16. The molecule has 0 radical (unpaired) electrons. The van der Waals surface area contributed by atoms with Crippen LogP contribution in [0.15, 0.2) is 45.9 Å². The molecule has 0 aromatic heterocycles. The molecule has 40 heavy (non-hydrogen) atoms. The quantitative estimate of drug-likeness (QED) is 0.192. The van der Waals surface area contributed by atoms with E-state index in [1.54, 1.807) is 0 Å². The normalized spacial score (nSPS) is 30.6. The van der Waals surface area contributed by atoms with E-state index < -0.39 is 36.0 Å². The number of carbonyl (C=O) groups excluding carboxylic acids is 1. The zero-order chi connectivity index (χ0) is 29.5. The van der Waals surface area contributed by atoms with Crippen LogP contribution in [-0.2, 0) is 24.5 Å². The van der Waals surface area contributed by atoms with Gasteiger partial charge >= 0.3 is 5.51 Å². The molecule has 2 aliphatic carbocycles. The summed E-state index contributed by atoms with van der Waals surface area (Å²) in [5.41, 5.74) is 5.41. The van der Waals surface area contributed by atoms with Gasteiger partial charge in [0.15, 0.2) is 9.84 Å². The molecule has 3 aliphatic rings. The zero-order valence-electron chi connectivity index (χ0n) is 21.2. The van der Waals surface area contributed by atoms with Gasteiger partial charge in [-0.1, -0.05) is 0 Å². The van der Waals surface area contributed by atoms with Crippen LogP contribution in [0.2, 0.25) is 0 Å². The Morgan fingerprint density at radius 3 is 2.40 bits per heavy atom. The molecule has 1 heterocycles. The molecule has 1 spiro atoms. The van der Waals surface area contributed by atoms with Crippen LogP contribution in [0.1, 0.15) is 32.1 Å². The molecular formula is C24H29F3N6O5S2. The average molecular weight is 603 g/mol. The van der Waals surface area contributed by atoms with Gasteiger partial charge in [-0.2, -0.15) is 18.4 Å². The summed E-state index contributed by atoms with van der Waals surface area (Å²) in [6, 6.07) is 5.65. The number of halogens is 3. The van der Waals surface area contributed by atoms with Crippen molar-refractivity contribution < 1.29 is 34.8 Å². The highest BCUT2D eigenvalue weighted by atomic mass is 32.2. The van der Waals surface area contributed by atoms with E-state index in [1.807, 2.05) is 0 Å². The number of sulfone groups is 2. The Morgan fingerprint density at radius 1 is 1.18 bits per heavy atom. The maximum Gasteiger partial charge on any atom is 0.501 e. The standard InChI is InChI=1S/C24H29F3N6O5S2/c25-24(26,27)40(37,38)18-3-1-15(2-4-18)33-21(29)19(22(30)34)12-31-20-10-23(20)7-5-16(9-14(23)11-28)32-17-6-8-39(35,36)13-17/h1-4,12,14,16-17,20,31-32H,5-10,13H2,(H2,29,33)(H2,30,34). The molecule has 2 saturated carbocycles. The average Bonchev–Trinajstić information content (AvgIpc) is 3.44. The Morgan fingerprint density at radius 2 is 1.85 bits per heavy atom. The highest BCUT2D eigenvalue weighted by Gasteiger charge is 2.60. The van der Waals surface area contributed by atoms with E-state index in [2.05, 4.69) is 21.7 Å². The number of alkyl halides is 3. The van der Waals surface area contributed by atoms with Gasteiger partial charge in [0.2, 0.25) is 0 Å². The number of carbonyl (C=O) groups is 1.